The Morgan fingerprint density at radius 3 is 1.90 bits per heavy atom. The van der Waals surface area contributed by atoms with Crippen LogP contribution in [0.25, 0.3) is 0 Å². The average molecular weight is 411 g/mol. The van der Waals surface area contributed by atoms with Gasteiger partial charge in [0.05, 0.1) is 5.60 Å². The third-order valence-corrected chi connectivity index (χ3v) is 6.33. The summed E-state index contributed by atoms with van der Waals surface area (Å²) in [4.78, 5) is 20.6. The van der Waals surface area contributed by atoms with Crippen LogP contribution in [0.1, 0.15) is 49.3 Å². The van der Waals surface area contributed by atoms with E-state index in [2.05, 4.69) is 80.5 Å². The molecule has 160 valence electrons. The number of aliphatic carboxylic acids is 2. The molecule has 6 nitrogen and oxygen atoms in total. The van der Waals surface area contributed by atoms with Gasteiger partial charge in [0.2, 0.25) is 0 Å². The number of carbonyl (C=O) groups is 2. The number of nitrogens with zero attached hydrogens (tertiary/aromatic N) is 1. The second-order valence-electron chi connectivity index (χ2n) is 8.35. The molecule has 4 rings (SSSR count). The molecule has 2 aromatic carbocycles. The molecule has 0 unspecified atom stereocenters. The van der Waals surface area contributed by atoms with Crippen molar-refractivity contribution in [2.45, 2.75) is 49.9 Å². The normalized spacial score (nSPS) is 27.3. The maximum Gasteiger partial charge on any atom is 0.414 e. The Hall–Kier alpha value is -2.70. The maximum atomic E-state index is 9.10. The van der Waals surface area contributed by atoms with Gasteiger partial charge in [-0.15, -0.1) is 0 Å². The van der Waals surface area contributed by atoms with Crippen molar-refractivity contribution in [3.05, 3.63) is 71.3 Å². The summed E-state index contributed by atoms with van der Waals surface area (Å²) < 4.78 is 6.94. The second kappa shape index (κ2) is 8.58. The highest BCUT2D eigenvalue weighted by atomic mass is 16.5. The molecular weight excluding hydrogens is 382 g/mol. The third-order valence-electron chi connectivity index (χ3n) is 6.33. The van der Waals surface area contributed by atoms with Crippen LogP contribution in [0.15, 0.2) is 54.6 Å². The maximum absolute atomic E-state index is 9.10. The summed E-state index contributed by atoms with van der Waals surface area (Å²) in [5.74, 6) is -3.65. The molecule has 1 atom stereocenters. The van der Waals surface area contributed by atoms with E-state index in [4.69, 9.17) is 24.5 Å². The molecule has 2 N–H and O–H groups in total. The van der Waals surface area contributed by atoms with E-state index < -0.39 is 11.9 Å². The number of ether oxygens (including phenoxy) is 1. The highest BCUT2D eigenvalue weighted by Crippen LogP contribution is 2.56. The van der Waals surface area contributed by atoms with Gasteiger partial charge in [-0.25, -0.2) is 9.59 Å². The van der Waals surface area contributed by atoms with Crippen molar-refractivity contribution in [3.63, 3.8) is 0 Å². The monoisotopic (exact) mass is 411 g/mol. The summed E-state index contributed by atoms with van der Waals surface area (Å²) in [6.45, 7) is 2.24. The Morgan fingerprint density at radius 1 is 0.900 bits per heavy atom. The van der Waals surface area contributed by atoms with E-state index in [-0.39, 0.29) is 11.2 Å². The van der Waals surface area contributed by atoms with Crippen LogP contribution >= 0.6 is 0 Å². The number of hydrogen-bond donors (Lipinski definition) is 2. The first-order chi connectivity index (χ1) is 14.2. The highest BCUT2D eigenvalue weighted by Gasteiger charge is 2.52. The van der Waals surface area contributed by atoms with Gasteiger partial charge in [-0.2, -0.15) is 0 Å². The minimum absolute atomic E-state index is 0.117. The Morgan fingerprint density at radius 2 is 1.40 bits per heavy atom. The van der Waals surface area contributed by atoms with Crippen molar-refractivity contribution in [2.75, 3.05) is 14.1 Å². The van der Waals surface area contributed by atoms with Gasteiger partial charge < -0.3 is 19.8 Å². The van der Waals surface area contributed by atoms with E-state index in [1.807, 2.05) is 0 Å². The van der Waals surface area contributed by atoms with E-state index in [0.29, 0.717) is 6.04 Å². The molecule has 1 spiro atoms. The predicted molar refractivity (Wildman–Crippen MR) is 113 cm³/mol. The Labute approximate surface area is 177 Å². The molecule has 1 fully saturated rings. The Bertz CT molecular complexity index is 891. The van der Waals surface area contributed by atoms with E-state index in [1.165, 1.54) is 29.5 Å². The zero-order chi connectivity index (χ0) is 21.9. The summed E-state index contributed by atoms with van der Waals surface area (Å²) in [5.41, 5.74) is 3.55. The van der Waals surface area contributed by atoms with Crippen LogP contribution in [-0.4, -0.2) is 47.2 Å². The first kappa shape index (κ1) is 22.0. The van der Waals surface area contributed by atoms with Crippen LogP contribution in [0.3, 0.4) is 0 Å². The molecule has 0 saturated heterocycles. The third kappa shape index (κ3) is 4.11. The smallest absolute Gasteiger partial charge is 0.414 e. The first-order valence-corrected chi connectivity index (χ1v) is 10.2. The molecule has 2 aliphatic rings. The van der Waals surface area contributed by atoms with Crippen molar-refractivity contribution in [1.82, 2.24) is 4.90 Å². The van der Waals surface area contributed by atoms with Crippen molar-refractivity contribution in [2.24, 2.45) is 0 Å². The molecule has 1 saturated carbocycles. The summed E-state index contributed by atoms with van der Waals surface area (Å²) >= 11 is 0. The van der Waals surface area contributed by atoms with Gasteiger partial charge in [-0.05, 0) is 63.4 Å². The van der Waals surface area contributed by atoms with Gasteiger partial charge in [-0.1, -0.05) is 54.6 Å². The SMILES string of the molecule is CN(C)C1CCC2(CC1)O[C@](C)(c1ccccc1)c1ccccc12.O=C(O)C(=O)O. The first-order valence-electron chi connectivity index (χ1n) is 10.2. The lowest BCUT2D eigenvalue weighted by molar-refractivity contribution is -0.159. The molecule has 0 amide bonds. The van der Waals surface area contributed by atoms with Crippen LogP contribution < -0.4 is 0 Å². The lowest BCUT2D eigenvalue weighted by Gasteiger charge is -2.41. The van der Waals surface area contributed by atoms with E-state index in [1.54, 1.807) is 0 Å². The topological polar surface area (TPSA) is 87.1 Å². The van der Waals surface area contributed by atoms with E-state index in [9.17, 15) is 0 Å². The number of hydrogen-bond acceptors (Lipinski definition) is 4. The molecule has 30 heavy (non-hydrogen) atoms. The van der Waals surface area contributed by atoms with Gasteiger partial charge in [-0.3, -0.25) is 0 Å². The number of rotatable bonds is 2. The molecule has 1 aliphatic carbocycles. The largest absolute Gasteiger partial charge is 0.473 e. The van der Waals surface area contributed by atoms with Gasteiger partial charge in [0.15, 0.2) is 0 Å². The summed E-state index contributed by atoms with van der Waals surface area (Å²) in [7, 11) is 4.39. The summed E-state index contributed by atoms with van der Waals surface area (Å²) in [6.07, 6.45) is 4.61. The molecule has 6 heteroatoms. The Kier molecular flexibility index (Phi) is 6.29. The summed E-state index contributed by atoms with van der Waals surface area (Å²) in [6, 6.07) is 20.2. The van der Waals surface area contributed by atoms with Gasteiger partial charge >= 0.3 is 11.9 Å². The second-order valence-corrected chi connectivity index (χ2v) is 8.35. The quantitative estimate of drug-likeness (QED) is 0.731. The highest BCUT2D eigenvalue weighted by molar-refractivity contribution is 6.27. The minimum Gasteiger partial charge on any atom is -0.473 e. The van der Waals surface area contributed by atoms with Crippen molar-refractivity contribution in [3.8, 4) is 0 Å². The molecule has 1 heterocycles. The van der Waals surface area contributed by atoms with Crippen molar-refractivity contribution >= 4 is 11.9 Å². The van der Waals surface area contributed by atoms with Gasteiger partial charge in [0.25, 0.3) is 0 Å². The molecular formula is C24H29NO5. The zero-order valence-corrected chi connectivity index (χ0v) is 17.7. The van der Waals surface area contributed by atoms with E-state index >= 15 is 0 Å². The van der Waals surface area contributed by atoms with Crippen LogP contribution in [0, 0.1) is 0 Å². The summed E-state index contributed by atoms with van der Waals surface area (Å²) in [5, 5.41) is 14.8. The van der Waals surface area contributed by atoms with Crippen LogP contribution in [-0.2, 0) is 25.5 Å². The lowest BCUT2D eigenvalue weighted by atomic mass is 9.76. The average Bonchev–Trinajstić information content (AvgIpc) is 2.99. The number of benzene rings is 2. The van der Waals surface area contributed by atoms with E-state index in [0.717, 1.165) is 12.8 Å². The molecule has 2 aromatic rings. The standard InChI is InChI=1S/C22H27NO.C2H2O4/c1-21(17-9-5-4-6-10-17)19-11-7-8-12-20(19)22(24-21)15-13-18(14-16-22)23(2)3;3-1(4)2(5)6/h4-12,18H,13-16H2,1-3H3;(H,3,4)(H,5,6)/t18?,21-,22?;/m1./s1. The lowest BCUT2D eigenvalue weighted by Crippen LogP contribution is -2.40. The number of carboxylic acids is 2. The fourth-order valence-electron chi connectivity index (χ4n) is 4.72. The molecule has 1 aliphatic heterocycles. The number of carboxylic acid groups (broad SMARTS) is 2. The van der Waals surface area contributed by atoms with Crippen molar-refractivity contribution < 1.29 is 24.5 Å². The minimum atomic E-state index is -1.82. The molecule has 0 bridgehead atoms. The number of fused-ring (bicyclic) bond motifs is 2. The predicted octanol–water partition coefficient (Wildman–Crippen LogP) is 3.84. The van der Waals surface area contributed by atoms with Crippen LogP contribution in [0.4, 0.5) is 0 Å². The van der Waals surface area contributed by atoms with Crippen molar-refractivity contribution in [1.29, 1.82) is 0 Å². The van der Waals surface area contributed by atoms with Gasteiger partial charge in [0.1, 0.15) is 5.60 Å². The Balaban J connectivity index is 0.000000377. The molecule has 0 radical (unpaired) electrons. The van der Waals surface area contributed by atoms with Crippen LogP contribution in [0.2, 0.25) is 0 Å². The fourth-order valence-corrected chi connectivity index (χ4v) is 4.72. The fraction of sp³-hybridized carbons (Fsp3) is 0.417. The van der Waals surface area contributed by atoms with Crippen LogP contribution in [0.5, 0.6) is 0 Å². The molecule has 0 aromatic heterocycles. The zero-order valence-electron chi connectivity index (χ0n) is 17.7. The van der Waals surface area contributed by atoms with Gasteiger partial charge in [0, 0.05) is 6.04 Å².